The summed E-state index contributed by atoms with van der Waals surface area (Å²) in [5, 5.41) is 9.60. The summed E-state index contributed by atoms with van der Waals surface area (Å²) in [6, 6.07) is 6.25. The Hall–Kier alpha value is -1.75. The zero-order valence-corrected chi connectivity index (χ0v) is 11.5. The molecule has 0 saturated carbocycles. The van der Waals surface area contributed by atoms with Gasteiger partial charge in [-0.15, -0.1) is 0 Å². The first kappa shape index (κ1) is 13.7. The van der Waals surface area contributed by atoms with E-state index in [1.54, 1.807) is 7.11 Å². The van der Waals surface area contributed by atoms with Crippen molar-refractivity contribution < 1.29 is 9.53 Å². The molecule has 5 heteroatoms. The van der Waals surface area contributed by atoms with Crippen LogP contribution in [0, 0.1) is 0 Å². The van der Waals surface area contributed by atoms with Crippen LogP contribution in [-0.2, 0) is 4.79 Å². The van der Waals surface area contributed by atoms with Gasteiger partial charge in [0.15, 0.2) is 0 Å². The largest absolute Gasteiger partial charge is 0.494 e. The standard InChI is InChI=1S/C14H21N3O2/c1-10(18)16-13-4-3-12(9-14(13)19-2)17-11-5-7-15-8-6-11/h3-4,9,11,15,17H,5-8H2,1-2H3,(H,16,18). The molecular weight excluding hydrogens is 242 g/mol. The maximum atomic E-state index is 11.1. The zero-order chi connectivity index (χ0) is 13.7. The lowest BCUT2D eigenvalue weighted by Gasteiger charge is -2.25. The summed E-state index contributed by atoms with van der Waals surface area (Å²) in [5.41, 5.74) is 1.73. The molecule has 1 fully saturated rings. The van der Waals surface area contributed by atoms with Crippen LogP contribution in [0.4, 0.5) is 11.4 Å². The maximum absolute atomic E-state index is 11.1. The second kappa shape index (κ2) is 6.43. The number of methoxy groups -OCH3 is 1. The van der Waals surface area contributed by atoms with Crippen LogP contribution in [-0.4, -0.2) is 32.1 Å². The van der Waals surface area contributed by atoms with Crippen LogP contribution in [0.2, 0.25) is 0 Å². The Bertz CT molecular complexity index is 442. The third kappa shape index (κ3) is 3.86. The Morgan fingerprint density at radius 3 is 2.74 bits per heavy atom. The van der Waals surface area contributed by atoms with Gasteiger partial charge in [0.2, 0.25) is 5.91 Å². The van der Waals surface area contributed by atoms with Crippen LogP contribution in [0.25, 0.3) is 0 Å². The highest BCUT2D eigenvalue weighted by atomic mass is 16.5. The molecule has 0 aliphatic carbocycles. The van der Waals surface area contributed by atoms with Crippen molar-refractivity contribution in [2.75, 3.05) is 30.8 Å². The van der Waals surface area contributed by atoms with Gasteiger partial charge in [0.1, 0.15) is 5.75 Å². The van der Waals surface area contributed by atoms with E-state index in [-0.39, 0.29) is 5.91 Å². The molecule has 0 aromatic heterocycles. The van der Waals surface area contributed by atoms with Gasteiger partial charge < -0.3 is 20.7 Å². The molecule has 3 N–H and O–H groups in total. The third-order valence-electron chi connectivity index (χ3n) is 3.22. The zero-order valence-electron chi connectivity index (χ0n) is 11.5. The molecule has 0 radical (unpaired) electrons. The van der Waals surface area contributed by atoms with E-state index < -0.39 is 0 Å². The first-order valence-corrected chi connectivity index (χ1v) is 6.62. The number of anilines is 2. The Morgan fingerprint density at radius 2 is 2.11 bits per heavy atom. The molecule has 1 saturated heterocycles. The molecule has 1 heterocycles. The molecule has 0 unspecified atom stereocenters. The van der Waals surface area contributed by atoms with Crippen molar-refractivity contribution in [3.05, 3.63) is 18.2 Å². The molecule has 1 aromatic carbocycles. The fourth-order valence-electron chi connectivity index (χ4n) is 2.28. The highest BCUT2D eigenvalue weighted by Crippen LogP contribution is 2.28. The first-order valence-electron chi connectivity index (χ1n) is 6.62. The number of carbonyl (C=O) groups excluding carboxylic acids is 1. The summed E-state index contributed by atoms with van der Waals surface area (Å²) < 4.78 is 5.31. The molecule has 19 heavy (non-hydrogen) atoms. The van der Waals surface area contributed by atoms with Gasteiger partial charge in [-0.2, -0.15) is 0 Å². The summed E-state index contributed by atoms with van der Waals surface area (Å²) >= 11 is 0. The predicted octanol–water partition coefficient (Wildman–Crippen LogP) is 1.82. The topological polar surface area (TPSA) is 62.4 Å². The first-order chi connectivity index (χ1) is 9.19. The summed E-state index contributed by atoms with van der Waals surface area (Å²) in [4.78, 5) is 11.1. The number of rotatable bonds is 4. The van der Waals surface area contributed by atoms with Crippen molar-refractivity contribution in [1.82, 2.24) is 5.32 Å². The highest BCUT2D eigenvalue weighted by molar-refractivity contribution is 5.90. The van der Waals surface area contributed by atoms with E-state index in [4.69, 9.17) is 4.74 Å². The molecule has 0 bridgehead atoms. The molecular formula is C14H21N3O2. The maximum Gasteiger partial charge on any atom is 0.221 e. The van der Waals surface area contributed by atoms with Crippen LogP contribution in [0.15, 0.2) is 18.2 Å². The van der Waals surface area contributed by atoms with E-state index >= 15 is 0 Å². The molecule has 0 spiro atoms. The molecule has 104 valence electrons. The average Bonchev–Trinajstić information content (AvgIpc) is 2.41. The summed E-state index contributed by atoms with van der Waals surface area (Å²) in [6.45, 7) is 3.60. The predicted molar refractivity (Wildman–Crippen MR) is 76.8 cm³/mol. The van der Waals surface area contributed by atoms with Gasteiger partial charge in [-0.3, -0.25) is 4.79 Å². The van der Waals surface area contributed by atoms with E-state index in [0.29, 0.717) is 17.5 Å². The van der Waals surface area contributed by atoms with Crippen molar-refractivity contribution in [1.29, 1.82) is 0 Å². The number of hydrogen-bond acceptors (Lipinski definition) is 4. The van der Waals surface area contributed by atoms with Gasteiger partial charge >= 0.3 is 0 Å². The van der Waals surface area contributed by atoms with Gasteiger partial charge in [-0.1, -0.05) is 0 Å². The van der Waals surface area contributed by atoms with Crippen molar-refractivity contribution >= 4 is 17.3 Å². The van der Waals surface area contributed by atoms with Crippen LogP contribution >= 0.6 is 0 Å². The van der Waals surface area contributed by atoms with Crippen molar-refractivity contribution in [2.45, 2.75) is 25.8 Å². The van der Waals surface area contributed by atoms with Crippen LogP contribution in [0.3, 0.4) is 0 Å². The van der Waals surface area contributed by atoms with Crippen LogP contribution < -0.4 is 20.7 Å². The Morgan fingerprint density at radius 1 is 1.37 bits per heavy atom. The molecule has 0 atom stereocenters. The van der Waals surface area contributed by atoms with Gasteiger partial charge in [-0.05, 0) is 38.1 Å². The van der Waals surface area contributed by atoms with Crippen LogP contribution in [0.1, 0.15) is 19.8 Å². The molecule has 5 nitrogen and oxygen atoms in total. The quantitative estimate of drug-likeness (QED) is 0.775. The SMILES string of the molecule is COc1cc(NC2CCNCC2)ccc1NC(C)=O. The van der Waals surface area contributed by atoms with E-state index in [1.807, 2.05) is 18.2 Å². The minimum atomic E-state index is -0.0997. The number of hydrogen-bond donors (Lipinski definition) is 3. The van der Waals surface area contributed by atoms with E-state index in [9.17, 15) is 4.79 Å². The monoisotopic (exact) mass is 263 g/mol. The van der Waals surface area contributed by atoms with E-state index in [0.717, 1.165) is 31.6 Å². The summed E-state index contributed by atoms with van der Waals surface area (Å²) in [5.74, 6) is 0.575. The van der Waals surface area contributed by atoms with Crippen molar-refractivity contribution in [2.24, 2.45) is 0 Å². The highest BCUT2D eigenvalue weighted by Gasteiger charge is 2.13. The minimum absolute atomic E-state index is 0.0997. The lowest BCUT2D eigenvalue weighted by atomic mass is 10.1. The second-order valence-electron chi connectivity index (χ2n) is 4.76. The summed E-state index contributed by atoms with van der Waals surface area (Å²) in [6.07, 6.45) is 2.24. The fraction of sp³-hybridized carbons (Fsp3) is 0.500. The number of nitrogens with one attached hydrogen (secondary N) is 3. The van der Waals surface area contributed by atoms with E-state index in [1.165, 1.54) is 6.92 Å². The number of piperidine rings is 1. The minimum Gasteiger partial charge on any atom is -0.494 e. The van der Waals surface area contributed by atoms with Crippen molar-refractivity contribution in [3.8, 4) is 5.75 Å². The Balaban J connectivity index is 2.07. The molecule has 2 rings (SSSR count). The number of carbonyl (C=O) groups is 1. The van der Waals surface area contributed by atoms with Gasteiger partial charge in [0.05, 0.1) is 12.8 Å². The van der Waals surface area contributed by atoms with Gasteiger partial charge in [-0.25, -0.2) is 0 Å². The van der Waals surface area contributed by atoms with Gasteiger partial charge in [0.25, 0.3) is 0 Å². The Labute approximate surface area is 113 Å². The number of ether oxygens (including phenoxy) is 1. The second-order valence-corrected chi connectivity index (χ2v) is 4.76. The lowest BCUT2D eigenvalue weighted by Crippen LogP contribution is -2.35. The smallest absolute Gasteiger partial charge is 0.221 e. The normalized spacial score (nSPS) is 15.9. The lowest BCUT2D eigenvalue weighted by molar-refractivity contribution is -0.114. The van der Waals surface area contributed by atoms with E-state index in [2.05, 4.69) is 16.0 Å². The van der Waals surface area contributed by atoms with Crippen molar-refractivity contribution in [3.63, 3.8) is 0 Å². The number of benzene rings is 1. The van der Waals surface area contributed by atoms with Gasteiger partial charge in [0, 0.05) is 24.7 Å². The molecule has 1 aliphatic heterocycles. The Kier molecular flexibility index (Phi) is 4.63. The molecule has 1 aliphatic rings. The van der Waals surface area contributed by atoms with Crippen LogP contribution in [0.5, 0.6) is 5.75 Å². The molecule has 1 amide bonds. The number of amides is 1. The molecule has 1 aromatic rings. The summed E-state index contributed by atoms with van der Waals surface area (Å²) in [7, 11) is 1.61. The fourth-order valence-corrected chi connectivity index (χ4v) is 2.28. The third-order valence-corrected chi connectivity index (χ3v) is 3.22. The average molecular weight is 263 g/mol.